The predicted octanol–water partition coefficient (Wildman–Crippen LogP) is 1.65. The molecular formula is C17H23N5O. The minimum Gasteiger partial charge on any atom is -0.383 e. The first-order valence-corrected chi connectivity index (χ1v) is 8.01. The zero-order valence-electron chi connectivity index (χ0n) is 13.7. The molecule has 0 unspecified atom stereocenters. The summed E-state index contributed by atoms with van der Waals surface area (Å²) in [7, 11) is 1.88. The first-order valence-electron chi connectivity index (χ1n) is 8.01. The molecule has 3 rings (SSSR count). The van der Waals surface area contributed by atoms with Gasteiger partial charge in [-0.1, -0.05) is 12.1 Å². The first kappa shape index (κ1) is 15.7. The fraction of sp³-hybridized carbons (Fsp3) is 0.471. The molecular weight excluding hydrogens is 290 g/mol. The van der Waals surface area contributed by atoms with Crippen LogP contribution in [0, 0.1) is 0 Å². The van der Waals surface area contributed by atoms with E-state index in [1.54, 1.807) is 6.92 Å². The number of piperidine rings is 1. The maximum Gasteiger partial charge on any atom is 0.219 e. The Morgan fingerprint density at radius 1 is 1.30 bits per heavy atom. The highest BCUT2D eigenvalue weighted by Crippen LogP contribution is 2.20. The van der Waals surface area contributed by atoms with Crippen molar-refractivity contribution in [1.82, 2.24) is 19.8 Å². The van der Waals surface area contributed by atoms with Crippen LogP contribution in [0.1, 0.15) is 25.6 Å². The topological polar surface area (TPSA) is 75.4 Å². The molecule has 0 spiro atoms. The Morgan fingerprint density at radius 2 is 2.00 bits per heavy atom. The van der Waals surface area contributed by atoms with Gasteiger partial charge in [-0.05, 0) is 25.0 Å². The van der Waals surface area contributed by atoms with E-state index in [4.69, 9.17) is 5.73 Å². The largest absolute Gasteiger partial charge is 0.383 e. The summed E-state index contributed by atoms with van der Waals surface area (Å²) in [5.74, 6) is 1.44. The summed E-state index contributed by atoms with van der Waals surface area (Å²) in [4.78, 5) is 24.7. The van der Waals surface area contributed by atoms with Gasteiger partial charge in [-0.3, -0.25) is 9.69 Å². The van der Waals surface area contributed by atoms with Crippen LogP contribution >= 0.6 is 0 Å². The molecule has 2 N–H and O–H groups in total. The zero-order chi connectivity index (χ0) is 16.4. The van der Waals surface area contributed by atoms with Gasteiger partial charge in [-0.25, -0.2) is 9.97 Å². The normalized spacial score (nSPS) is 16.6. The molecule has 0 radical (unpaired) electrons. The van der Waals surface area contributed by atoms with Crippen LogP contribution in [0.25, 0.3) is 10.9 Å². The Balaban J connectivity index is 1.66. The summed E-state index contributed by atoms with van der Waals surface area (Å²) in [5.41, 5.74) is 6.93. The molecule has 0 aliphatic carbocycles. The van der Waals surface area contributed by atoms with Crippen LogP contribution in [0.3, 0.4) is 0 Å². The number of hydrogen-bond donors (Lipinski definition) is 1. The summed E-state index contributed by atoms with van der Waals surface area (Å²) in [6.07, 6.45) is 1.97. The molecule has 1 saturated heterocycles. The van der Waals surface area contributed by atoms with Crippen LogP contribution < -0.4 is 5.73 Å². The molecule has 1 aliphatic heterocycles. The van der Waals surface area contributed by atoms with Gasteiger partial charge < -0.3 is 10.6 Å². The van der Waals surface area contributed by atoms with Crippen LogP contribution in [0.15, 0.2) is 24.3 Å². The summed E-state index contributed by atoms with van der Waals surface area (Å²) < 4.78 is 0. The Morgan fingerprint density at radius 3 is 2.70 bits per heavy atom. The smallest absolute Gasteiger partial charge is 0.219 e. The summed E-state index contributed by atoms with van der Waals surface area (Å²) in [5, 5.41) is 0.901. The number of nitrogen functional groups attached to an aromatic ring is 1. The number of likely N-dealkylation sites (tertiary alicyclic amines) is 1. The van der Waals surface area contributed by atoms with Crippen molar-refractivity contribution in [2.45, 2.75) is 32.4 Å². The second kappa shape index (κ2) is 6.50. The van der Waals surface area contributed by atoms with Crippen LogP contribution in [-0.2, 0) is 11.3 Å². The van der Waals surface area contributed by atoms with Crippen LogP contribution in [0.5, 0.6) is 0 Å². The molecule has 1 fully saturated rings. The Labute approximate surface area is 136 Å². The monoisotopic (exact) mass is 313 g/mol. The third-order valence-electron chi connectivity index (χ3n) is 4.65. The van der Waals surface area contributed by atoms with E-state index in [0.29, 0.717) is 18.4 Å². The molecule has 6 heteroatoms. The third kappa shape index (κ3) is 3.42. The van der Waals surface area contributed by atoms with Gasteiger partial charge in [-0.2, -0.15) is 0 Å². The lowest BCUT2D eigenvalue weighted by molar-refractivity contribution is -0.130. The van der Waals surface area contributed by atoms with Gasteiger partial charge in [0.05, 0.1) is 12.1 Å². The first-order chi connectivity index (χ1) is 11.0. The highest BCUT2D eigenvalue weighted by atomic mass is 16.2. The molecule has 1 aromatic heterocycles. The Kier molecular flexibility index (Phi) is 4.43. The maximum atomic E-state index is 11.5. The number of rotatable bonds is 3. The number of carbonyl (C=O) groups excluding carboxylic acids is 1. The lowest BCUT2D eigenvalue weighted by Crippen LogP contribution is -2.44. The molecule has 0 saturated carbocycles. The molecule has 2 aromatic rings. The minimum absolute atomic E-state index is 0.133. The molecule has 6 nitrogen and oxygen atoms in total. The van der Waals surface area contributed by atoms with Crippen molar-refractivity contribution in [2.75, 3.05) is 25.9 Å². The fourth-order valence-electron chi connectivity index (χ4n) is 3.14. The van der Waals surface area contributed by atoms with Crippen molar-refractivity contribution in [3.8, 4) is 0 Å². The SMILES string of the molecule is CC(=O)N(C)C1CCN(Cc2nc(N)c3ccccc3n2)CC1. The predicted molar refractivity (Wildman–Crippen MR) is 90.7 cm³/mol. The molecule has 122 valence electrons. The van der Waals surface area contributed by atoms with Crippen molar-refractivity contribution in [2.24, 2.45) is 0 Å². The number of para-hydroxylation sites is 1. The molecule has 1 amide bonds. The van der Waals surface area contributed by atoms with Gasteiger partial charge >= 0.3 is 0 Å². The number of hydrogen-bond acceptors (Lipinski definition) is 5. The standard InChI is InChI=1S/C17H23N5O/c1-12(23)21(2)13-7-9-22(10-8-13)11-16-19-15-6-4-3-5-14(15)17(18)20-16/h3-6,13H,7-11H2,1-2H3,(H2,18,19,20). The molecule has 1 aliphatic rings. The van der Waals surface area contributed by atoms with Crippen LogP contribution in [0.2, 0.25) is 0 Å². The summed E-state index contributed by atoms with van der Waals surface area (Å²) in [6, 6.07) is 8.15. The average Bonchev–Trinajstić information content (AvgIpc) is 2.55. The van der Waals surface area contributed by atoms with E-state index in [0.717, 1.165) is 42.7 Å². The summed E-state index contributed by atoms with van der Waals surface area (Å²) >= 11 is 0. The van der Waals surface area contributed by atoms with Gasteiger partial charge in [0.25, 0.3) is 0 Å². The minimum atomic E-state index is 0.133. The number of anilines is 1. The Hall–Kier alpha value is -2.21. The van der Waals surface area contributed by atoms with Crippen molar-refractivity contribution < 1.29 is 4.79 Å². The zero-order valence-corrected chi connectivity index (χ0v) is 13.7. The van der Waals surface area contributed by atoms with Gasteiger partial charge in [-0.15, -0.1) is 0 Å². The summed E-state index contributed by atoms with van der Waals surface area (Å²) in [6.45, 7) is 4.21. The van der Waals surface area contributed by atoms with E-state index in [1.807, 2.05) is 36.2 Å². The van der Waals surface area contributed by atoms with E-state index in [2.05, 4.69) is 14.9 Å². The van der Waals surface area contributed by atoms with Crippen LogP contribution in [0.4, 0.5) is 5.82 Å². The van der Waals surface area contributed by atoms with Gasteiger partial charge in [0.1, 0.15) is 11.6 Å². The number of nitrogens with two attached hydrogens (primary N) is 1. The number of fused-ring (bicyclic) bond motifs is 1. The average molecular weight is 313 g/mol. The molecule has 23 heavy (non-hydrogen) atoms. The third-order valence-corrected chi connectivity index (χ3v) is 4.65. The van der Waals surface area contributed by atoms with Gasteiger partial charge in [0.15, 0.2) is 0 Å². The quantitative estimate of drug-likeness (QED) is 0.932. The number of nitrogens with zero attached hydrogens (tertiary/aromatic N) is 4. The molecule has 0 bridgehead atoms. The van der Waals surface area contributed by atoms with Crippen molar-refractivity contribution in [3.05, 3.63) is 30.1 Å². The number of aromatic nitrogens is 2. The Bertz CT molecular complexity index is 709. The van der Waals surface area contributed by atoms with Crippen LogP contribution in [-0.4, -0.2) is 51.9 Å². The lowest BCUT2D eigenvalue weighted by atomic mass is 10.0. The number of amides is 1. The second-order valence-corrected chi connectivity index (χ2v) is 6.18. The maximum absolute atomic E-state index is 11.5. The molecule has 1 aromatic carbocycles. The van der Waals surface area contributed by atoms with E-state index < -0.39 is 0 Å². The van der Waals surface area contributed by atoms with Crippen molar-refractivity contribution in [3.63, 3.8) is 0 Å². The molecule has 2 heterocycles. The highest BCUT2D eigenvalue weighted by molar-refractivity contribution is 5.87. The van der Waals surface area contributed by atoms with E-state index in [1.165, 1.54) is 0 Å². The van der Waals surface area contributed by atoms with E-state index in [-0.39, 0.29) is 5.91 Å². The lowest BCUT2D eigenvalue weighted by Gasteiger charge is -2.36. The highest BCUT2D eigenvalue weighted by Gasteiger charge is 2.24. The van der Waals surface area contributed by atoms with Gasteiger partial charge in [0, 0.05) is 38.5 Å². The van der Waals surface area contributed by atoms with Gasteiger partial charge in [0.2, 0.25) is 5.91 Å². The van der Waals surface area contributed by atoms with Crippen molar-refractivity contribution >= 4 is 22.6 Å². The van der Waals surface area contributed by atoms with E-state index in [9.17, 15) is 4.79 Å². The second-order valence-electron chi connectivity index (χ2n) is 6.18. The van der Waals surface area contributed by atoms with E-state index >= 15 is 0 Å². The fourth-order valence-corrected chi connectivity index (χ4v) is 3.14. The number of carbonyl (C=O) groups is 1. The van der Waals surface area contributed by atoms with Crippen molar-refractivity contribution in [1.29, 1.82) is 0 Å². The number of benzene rings is 1. The molecule has 0 atom stereocenters.